The molecule has 1 aliphatic rings. The van der Waals surface area contributed by atoms with Crippen LogP contribution in [0.5, 0.6) is 11.5 Å². The average molecular weight is 384 g/mol. The third-order valence-corrected chi connectivity index (χ3v) is 5.36. The molecule has 3 aromatic rings. The number of ether oxygens (including phenoxy) is 2. The first-order valence-electron chi connectivity index (χ1n) is 9.77. The average Bonchev–Trinajstić information content (AvgIpc) is 3.15. The molecule has 28 heavy (non-hydrogen) atoms. The van der Waals surface area contributed by atoms with E-state index in [0.29, 0.717) is 18.1 Å². The molecule has 0 radical (unpaired) electrons. The van der Waals surface area contributed by atoms with Crippen molar-refractivity contribution in [2.75, 3.05) is 33.4 Å². The highest BCUT2D eigenvalue weighted by Gasteiger charge is 2.24. The summed E-state index contributed by atoms with van der Waals surface area (Å²) in [4.78, 5) is 2.47. The van der Waals surface area contributed by atoms with Crippen LogP contribution in [0, 0.1) is 5.82 Å². The Morgan fingerprint density at radius 3 is 2.79 bits per heavy atom. The Labute approximate surface area is 164 Å². The second kappa shape index (κ2) is 8.61. The molecular weight excluding hydrogens is 359 g/mol. The van der Waals surface area contributed by atoms with Crippen LogP contribution in [0.2, 0.25) is 0 Å². The third kappa shape index (κ3) is 4.28. The van der Waals surface area contributed by atoms with Gasteiger partial charge in [0.15, 0.2) is 5.58 Å². The van der Waals surface area contributed by atoms with Gasteiger partial charge in [-0.25, -0.2) is 4.39 Å². The zero-order valence-electron chi connectivity index (χ0n) is 16.1. The summed E-state index contributed by atoms with van der Waals surface area (Å²) in [6.45, 7) is 3.76. The highest BCUT2D eigenvalue weighted by atomic mass is 19.1. The fourth-order valence-electron chi connectivity index (χ4n) is 3.82. The summed E-state index contributed by atoms with van der Waals surface area (Å²) in [5.41, 5.74) is 1.50. The molecule has 0 bridgehead atoms. The van der Waals surface area contributed by atoms with Crippen LogP contribution in [-0.4, -0.2) is 43.4 Å². The van der Waals surface area contributed by atoms with E-state index in [9.17, 15) is 4.39 Å². The Morgan fingerprint density at radius 2 is 1.96 bits per heavy atom. The van der Waals surface area contributed by atoms with E-state index in [1.807, 2.05) is 24.3 Å². The van der Waals surface area contributed by atoms with Gasteiger partial charge in [0.2, 0.25) is 0 Å². The van der Waals surface area contributed by atoms with E-state index in [2.05, 4.69) is 10.1 Å². The highest BCUT2D eigenvalue weighted by Crippen LogP contribution is 2.32. The van der Waals surface area contributed by atoms with Crippen molar-refractivity contribution in [2.24, 2.45) is 0 Å². The summed E-state index contributed by atoms with van der Waals surface area (Å²) in [6.07, 6.45) is 3.06. The van der Waals surface area contributed by atoms with E-state index >= 15 is 0 Å². The fourth-order valence-corrected chi connectivity index (χ4v) is 3.82. The molecule has 0 saturated carbocycles. The third-order valence-electron chi connectivity index (χ3n) is 5.36. The zero-order chi connectivity index (χ0) is 19.3. The van der Waals surface area contributed by atoms with E-state index in [4.69, 9.17) is 14.0 Å². The maximum absolute atomic E-state index is 13.3. The van der Waals surface area contributed by atoms with Gasteiger partial charge in [0.25, 0.3) is 0 Å². The number of likely N-dealkylation sites (tertiary alicyclic amines) is 1. The Bertz CT molecular complexity index is 919. The first-order valence-corrected chi connectivity index (χ1v) is 9.77. The summed E-state index contributed by atoms with van der Waals surface area (Å²) in [7, 11) is 1.66. The molecule has 5 nitrogen and oxygen atoms in total. The van der Waals surface area contributed by atoms with Crippen LogP contribution >= 0.6 is 0 Å². The summed E-state index contributed by atoms with van der Waals surface area (Å²) in [5.74, 6) is 1.73. The molecule has 1 saturated heterocycles. The molecule has 148 valence electrons. The number of benzene rings is 2. The van der Waals surface area contributed by atoms with Crippen molar-refractivity contribution in [3.05, 3.63) is 54.0 Å². The Kier molecular flexibility index (Phi) is 5.76. The van der Waals surface area contributed by atoms with Gasteiger partial charge in [0.1, 0.15) is 17.3 Å². The Balaban J connectivity index is 1.23. The number of methoxy groups -OCH3 is 1. The number of piperidine rings is 1. The van der Waals surface area contributed by atoms with Crippen LogP contribution < -0.4 is 9.47 Å². The lowest BCUT2D eigenvalue weighted by Gasteiger charge is -2.31. The van der Waals surface area contributed by atoms with Crippen LogP contribution in [0.4, 0.5) is 4.39 Å². The van der Waals surface area contributed by atoms with Gasteiger partial charge in [-0.05, 0) is 56.6 Å². The number of fused-ring (bicyclic) bond motifs is 1. The summed E-state index contributed by atoms with van der Waals surface area (Å²) in [5, 5.41) is 5.15. The molecule has 0 N–H and O–H groups in total. The Hall–Kier alpha value is -2.60. The van der Waals surface area contributed by atoms with Crippen LogP contribution in [0.3, 0.4) is 0 Å². The van der Waals surface area contributed by atoms with Crippen molar-refractivity contribution in [1.29, 1.82) is 0 Å². The first kappa shape index (κ1) is 18.7. The molecule has 1 aliphatic heterocycles. The van der Waals surface area contributed by atoms with E-state index in [0.717, 1.165) is 61.5 Å². The van der Waals surface area contributed by atoms with Gasteiger partial charge in [-0.1, -0.05) is 11.2 Å². The van der Waals surface area contributed by atoms with Crippen LogP contribution in [-0.2, 0) is 0 Å². The summed E-state index contributed by atoms with van der Waals surface area (Å²) < 4.78 is 29.7. The topological polar surface area (TPSA) is 47.7 Å². The van der Waals surface area contributed by atoms with Gasteiger partial charge in [0, 0.05) is 30.0 Å². The number of nitrogens with zero attached hydrogens (tertiary/aromatic N) is 2. The van der Waals surface area contributed by atoms with Gasteiger partial charge in [0.05, 0.1) is 19.4 Å². The standard InChI is InChI=1S/C22H25FN2O3/c1-26-18-4-2-5-19(15-18)27-13-3-10-25-11-8-16(9-12-25)22-20-7-6-17(23)14-21(20)28-24-22/h2,4-7,14-16H,3,8-13H2,1H3. The molecule has 0 spiro atoms. The quantitative estimate of drug-likeness (QED) is 0.556. The van der Waals surface area contributed by atoms with E-state index in [-0.39, 0.29) is 5.82 Å². The Morgan fingerprint density at radius 1 is 1.14 bits per heavy atom. The lowest BCUT2D eigenvalue weighted by molar-refractivity contribution is 0.190. The van der Waals surface area contributed by atoms with Crippen LogP contribution in [0.15, 0.2) is 47.0 Å². The lowest BCUT2D eigenvalue weighted by Crippen LogP contribution is -2.34. The van der Waals surface area contributed by atoms with E-state index in [1.54, 1.807) is 13.2 Å². The normalized spacial score (nSPS) is 15.8. The summed E-state index contributed by atoms with van der Waals surface area (Å²) in [6, 6.07) is 12.3. The zero-order valence-corrected chi connectivity index (χ0v) is 16.1. The van der Waals surface area contributed by atoms with E-state index in [1.165, 1.54) is 12.1 Å². The molecule has 1 fully saturated rings. The monoisotopic (exact) mass is 384 g/mol. The minimum Gasteiger partial charge on any atom is -0.497 e. The minimum absolute atomic E-state index is 0.291. The van der Waals surface area contributed by atoms with Crippen molar-refractivity contribution < 1.29 is 18.4 Å². The van der Waals surface area contributed by atoms with Crippen LogP contribution in [0.25, 0.3) is 11.0 Å². The predicted molar refractivity (Wildman–Crippen MR) is 105 cm³/mol. The lowest BCUT2D eigenvalue weighted by atomic mass is 9.91. The van der Waals surface area contributed by atoms with Crippen molar-refractivity contribution >= 4 is 11.0 Å². The van der Waals surface area contributed by atoms with Crippen molar-refractivity contribution in [3.8, 4) is 11.5 Å². The number of hydrogen-bond donors (Lipinski definition) is 0. The van der Waals surface area contributed by atoms with Crippen molar-refractivity contribution in [2.45, 2.75) is 25.2 Å². The molecule has 2 aromatic carbocycles. The molecule has 0 amide bonds. The summed E-state index contributed by atoms with van der Waals surface area (Å²) >= 11 is 0. The molecule has 2 heterocycles. The number of rotatable bonds is 7. The molecule has 4 rings (SSSR count). The molecule has 6 heteroatoms. The maximum atomic E-state index is 13.3. The second-order valence-corrected chi connectivity index (χ2v) is 7.21. The van der Waals surface area contributed by atoms with E-state index < -0.39 is 0 Å². The molecule has 0 aliphatic carbocycles. The van der Waals surface area contributed by atoms with Gasteiger partial charge < -0.3 is 18.9 Å². The van der Waals surface area contributed by atoms with Crippen molar-refractivity contribution in [1.82, 2.24) is 10.1 Å². The molecular formula is C22H25FN2O3. The van der Waals surface area contributed by atoms with Gasteiger partial charge in [-0.3, -0.25) is 0 Å². The van der Waals surface area contributed by atoms with Gasteiger partial charge >= 0.3 is 0 Å². The van der Waals surface area contributed by atoms with Crippen LogP contribution in [0.1, 0.15) is 30.9 Å². The minimum atomic E-state index is -0.291. The first-order chi connectivity index (χ1) is 13.7. The fraction of sp³-hybridized carbons (Fsp3) is 0.409. The predicted octanol–water partition coefficient (Wildman–Crippen LogP) is 4.62. The molecule has 0 atom stereocenters. The number of hydrogen-bond acceptors (Lipinski definition) is 5. The maximum Gasteiger partial charge on any atom is 0.170 e. The highest BCUT2D eigenvalue weighted by molar-refractivity contribution is 5.79. The molecule has 0 unspecified atom stereocenters. The smallest absolute Gasteiger partial charge is 0.170 e. The van der Waals surface area contributed by atoms with Gasteiger partial charge in [-0.2, -0.15) is 0 Å². The van der Waals surface area contributed by atoms with Gasteiger partial charge in [-0.15, -0.1) is 0 Å². The SMILES string of the molecule is COc1cccc(OCCCN2CCC(c3noc4cc(F)ccc34)CC2)c1. The second-order valence-electron chi connectivity index (χ2n) is 7.21. The largest absolute Gasteiger partial charge is 0.497 e. The number of aromatic nitrogens is 1. The molecule has 1 aromatic heterocycles. The van der Waals surface area contributed by atoms with Crippen molar-refractivity contribution in [3.63, 3.8) is 0 Å². The number of halogens is 1.